The Balaban J connectivity index is 1.64. The summed E-state index contributed by atoms with van der Waals surface area (Å²) in [5.41, 5.74) is 2.03. The molecular formula is C17H22ClFN4. The van der Waals surface area contributed by atoms with Crippen LogP contribution < -0.4 is 5.32 Å². The van der Waals surface area contributed by atoms with Crippen LogP contribution in [0.15, 0.2) is 30.5 Å². The number of benzene rings is 1. The van der Waals surface area contributed by atoms with E-state index in [1.807, 2.05) is 25.4 Å². The maximum absolute atomic E-state index is 13.8. The predicted molar refractivity (Wildman–Crippen MR) is 89.8 cm³/mol. The summed E-state index contributed by atoms with van der Waals surface area (Å²) in [6.07, 6.45) is 3.04. The van der Waals surface area contributed by atoms with Crippen molar-refractivity contribution in [1.82, 2.24) is 20.0 Å². The highest BCUT2D eigenvalue weighted by Crippen LogP contribution is 2.36. The molecule has 3 rings (SSSR count). The SMILES string of the molecule is CN1CC[C@H](CNCc2ccn(C)n2)[C@@H]1c1ccc(Cl)c(F)c1. The Labute approximate surface area is 141 Å². The van der Waals surface area contributed by atoms with Crippen LogP contribution in [0.2, 0.25) is 5.02 Å². The molecule has 1 aromatic carbocycles. The second kappa shape index (κ2) is 6.99. The first-order chi connectivity index (χ1) is 11.0. The summed E-state index contributed by atoms with van der Waals surface area (Å²) in [5.74, 6) is 0.106. The second-order valence-corrected chi connectivity index (χ2v) is 6.67. The van der Waals surface area contributed by atoms with Crippen molar-refractivity contribution in [1.29, 1.82) is 0 Å². The normalized spacial score (nSPS) is 21.9. The number of nitrogens with zero attached hydrogens (tertiary/aromatic N) is 3. The van der Waals surface area contributed by atoms with Gasteiger partial charge >= 0.3 is 0 Å². The molecule has 0 unspecified atom stereocenters. The van der Waals surface area contributed by atoms with E-state index in [1.165, 1.54) is 0 Å². The van der Waals surface area contributed by atoms with Crippen LogP contribution >= 0.6 is 11.6 Å². The zero-order chi connectivity index (χ0) is 16.4. The van der Waals surface area contributed by atoms with Crippen molar-refractivity contribution in [3.63, 3.8) is 0 Å². The quantitative estimate of drug-likeness (QED) is 0.911. The summed E-state index contributed by atoms with van der Waals surface area (Å²) >= 11 is 5.80. The Morgan fingerprint density at radius 2 is 2.17 bits per heavy atom. The molecule has 0 saturated carbocycles. The third kappa shape index (κ3) is 3.74. The lowest BCUT2D eigenvalue weighted by Gasteiger charge is -2.26. The van der Waals surface area contributed by atoms with Crippen LogP contribution in [0.25, 0.3) is 0 Å². The Hall–Kier alpha value is -1.43. The number of halogens is 2. The highest BCUT2D eigenvalue weighted by atomic mass is 35.5. The third-order valence-corrected chi connectivity index (χ3v) is 4.85. The molecule has 0 aliphatic carbocycles. The molecule has 2 atom stereocenters. The van der Waals surface area contributed by atoms with Gasteiger partial charge in [0.1, 0.15) is 5.82 Å². The molecule has 1 fully saturated rings. The minimum Gasteiger partial charge on any atom is -0.311 e. The molecule has 124 valence electrons. The Kier molecular flexibility index (Phi) is 4.99. The summed E-state index contributed by atoms with van der Waals surface area (Å²) in [5, 5.41) is 8.03. The first kappa shape index (κ1) is 16.4. The lowest BCUT2D eigenvalue weighted by atomic mass is 9.93. The lowest BCUT2D eigenvalue weighted by molar-refractivity contribution is 0.271. The molecule has 0 radical (unpaired) electrons. The maximum Gasteiger partial charge on any atom is 0.142 e. The minimum atomic E-state index is -0.343. The maximum atomic E-state index is 13.8. The van der Waals surface area contributed by atoms with Gasteiger partial charge in [-0.2, -0.15) is 5.10 Å². The van der Waals surface area contributed by atoms with Crippen LogP contribution in [0, 0.1) is 11.7 Å². The number of aryl methyl sites for hydroxylation is 1. The Morgan fingerprint density at radius 1 is 1.35 bits per heavy atom. The fraction of sp³-hybridized carbons (Fsp3) is 0.471. The Bertz CT molecular complexity index is 672. The van der Waals surface area contributed by atoms with Crippen molar-refractivity contribution in [2.24, 2.45) is 13.0 Å². The van der Waals surface area contributed by atoms with Gasteiger partial charge in [-0.05, 0) is 49.7 Å². The van der Waals surface area contributed by atoms with E-state index in [9.17, 15) is 4.39 Å². The molecular weight excluding hydrogens is 315 g/mol. The highest BCUT2D eigenvalue weighted by molar-refractivity contribution is 6.30. The number of hydrogen-bond acceptors (Lipinski definition) is 3. The number of nitrogens with one attached hydrogen (secondary N) is 1. The standard InChI is InChI=1S/C17H22ClFN4/c1-22-7-5-13(10-20-11-14-6-8-23(2)21-14)17(22)12-3-4-15(18)16(19)9-12/h3-4,6,8-9,13,17,20H,5,7,10-11H2,1-2H3/t13-,17+/m1/s1. The van der Waals surface area contributed by atoms with E-state index < -0.39 is 0 Å². The number of likely N-dealkylation sites (tertiary alicyclic amines) is 1. The van der Waals surface area contributed by atoms with Gasteiger partial charge in [-0.15, -0.1) is 0 Å². The molecule has 4 nitrogen and oxygen atoms in total. The van der Waals surface area contributed by atoms with Gasteiger partial charge in [-0.1, -0.05) is 17.7 Å². The highest BCUT2D eigenvalue weighted by Gasteiger charge is 2.32. The van der Waals surface area contributed by atoms with Crippen molar-refractivity contribution < 1.29 is 4.39 Å². The van der Waals surface area contributed by atoms with Crippen LogP contribution in [0.1, 0.15) is 23.7 Å². The van der Waals surface area contributed by atoms with Crippen molar-refractivity contribution in [3.8, 4) is 0 Å². The van der Waals surface area contributed by atoms with E-state index in [2.05, 4.69) is 22.4 Å². The smallest absolute Gasteiger partial charge is 0.142 e. The molecule has 0 spiro atoms. The average Bonchev–Trinajstić information content (AvgIpc) is 3.09. The zero-order valence-electron chi connectivity index (χ0n) is 13.5. The van der Waals surface area contributed by atoms with Gasteiger partial charge in [0, 0.05) is 32.4 Å². The molecule has 1 aromatic heterocycles. The monoisotopic (exact) mass is 336 g/mol. The molecule has 0 bridgehead atoms. The van der Waals surface area contributed by atoms with Crippen LogP contribution in [-0.4, -0.2) is 34.8 Å². The van der Waals surface area contributed by atoms with Gasteiger partial charge < -0.3 is 5.32 Å². The Morgan fingerprint density at radius 3 is 2.87 bits per heavy atom. The number of rotatable bonds is 5. The van der Waals surface area contributed by atoms with E-state index in [0.717, 1.165) is 37.3 Å². The molecule has 1 N–H and O–H groups in total. The predicted octanol–water partition coefficient (Wildman–Crippen LogP) is 3.00. The summed E-state index contributed by atoms with van der Waals surface area (Å²) in [4.78, 5) is 2.29. The van der Waals surface area contributed by atoms with E-state index >= 15 is 0 Å². The zero-order valence-corrected chi connectivity index (χ0v) is 14.2. The van der Waals surface area contributed by atoms with Crippen LogP contribution in [-0.2, 0) is 13.6 Å². The molecule has 23 heavy (non-hydrogen) atoms. The van der Waals surface area contributed by atoms with Gasteiger partial charge in [0.2, 0.25) is 0 Å². The van der Waals surface area contributed by atoms with E-state index in [4.69, 9.17) is 11.6 Å². The molecule has 0 amide bonds. The van der Waals surface area contributed by atoms with E-state index in [-0.39, 0.29) is 16.9 Å². The third-order valence-electron chi connectivity index (χ3n) is 4.54. The van der Waals surface area contributed by atoms with Gasteiger partial charge in [0.25, 0.3) is 0 Å². The molecule has 2 aromatic rings. The summed E-state index contributed by atoms with van der Waals surface area (Å²) in [6.45, 7) is 2.66. The minimum absolute atomic E-state index is 0.180. The molecule has 6 heteroatoms. The first-order valence-corrected chi connectivity index (χ1v) is 8.27. The fourth-order valence-electron chi connectivity index (χ4n) is 3.41. The van der Waals surface area contributed by atoms with Gasteiger partial charge in [0.15, 0.2) is 0 Å². The lowest BCUT2D eigenvalue weighted by Crippen LogP contribution is -2.28. The topological polar surface area (TPSA) is 33.1 Å². The van der Waals surface area contributed by atoms with Crippen LogP contribution in [0.4, 0.5) is 4.39 Å². The average molecular weight is 337 g/mol. The molecule has 1 aliphatic rings. The van der Waals surface area contributed by atoms with Crippen molar-refractivity contribution in [2.45, 2.75) is 19.0 Å². The van der Waals surface area contributed by atoms with E-state index in [0.29, 0.717) is 5.92 Å². The second-order valence-electron chi connectivity index (χ2n) is 6.26. The van der Waals surface area contributed by atoms with Gasteiger partial charge in [0.05, 0.1) is 10.7 Å². The van der Waals surface area contributed by atoms with Crippen LogP contribution in [0.5, 0.6) is 0 Å². The van der Waals surface area contributed by atoms with Crippen molar-refractivity contribution in [3.05, 3.63) is 52.6 Å². The summed E-state index contributed by atoms with van der Waals surface area (Å²) < 4.78 is 15.6. The largest absolute Gasteiger partial charge is 0.311 e. The molecule has 1 saturated heterocycles. The van der Waals surface area contributed by atoms with E-state index in [1.54, 1.807) is 16.8 Å². The van der Waals surface area contributed by atoms with Gasteiger partial charge in [-0.3, -0.25) is 9.58 Å². The van der Waals surface area contributed by atoms with Crippen molar-refractivity contribution >= 4 is 11.6 Å². The fourth-order valence-corrected chi connectivity index (χ4v) is 3.52. The first-order valence-electron chi connectivity index (χ1n) is 7.89. The van der Waals surface area contributed by atoms with Gasteiger partial charge in [-0.25, -0.2) is 4.39 Å². The van der Waals surface area contributed by atoms with Crippen molar-refractivity contribution in [2.75, 3.05) is 20.1 Å². The summed E-state index contributed by atoms with van der Waals surface area (Å²) in [7, 11) is 4.01. The summed E-state index contributed by atoms with van der Waals surface area (Å²) in [6, 6.07) is 7.39. The molecule has 1 aliphatic heterocycles. The molecule has 2 heterocycles. The number of aromatic nitrogens is 2. The number of hydrogen-bond donors (Lipinski definition) is 1. The van der Waals surface area contributed by atoms with Crippen LogP contribution in [0.3, 0.4) is 0 Å².